The van der Waals surface area contributed by atoms with E-state index in [-0.39, 0.29) is 80.5 Å². The van der Waals surface area contributed by atoms with E-state index in [2.05, 4.69) is 5.32 Å². The van der Waals surface area contributed by atoms with E-state index in [1.54, 1.807) is 22.5 Å². The Morgan fingerprint density at radius 3 is 2.39 bits per heavy atom. The first kappa shape index (κ1) is 39.7. The highest BCUT2D eigenvalue weighted by Crippen LogP contribution is 2.56. The molecule has 1 aromatic heterocycles. The third kappa shape index (κ3) is 6.57. The Kier molecular flexibility index (Phi) is 10.5. The summed E-state index contributed by atoms with van der Waals surface area (Å²) in [5.74, 6) is -5.16. The molecule has 2 amide bonds. The second kappa shape index (κ2) is 15.1. The molecular weight excluding hydrogens is 758 g/mol. The Morgan fingerprint density at radius 1 is 0.982 bits per heavy atom. The smallest absolute Gasteiger partial charge is 0.250 e. The number of rotatable bonds is 10. The number of nitrogens with one attached hydrogen (secondary N) is 1. The lowest BCUT2D eigenvalue weighted by Gasteiger charge is -2.44. The van der Waals surface area contributed by atoms with Crippen molar-refractivity contribution in [3.63, 3.8) is 0 Å². The molecule has 302 valence electrons. The maximum absolute atomic E-state index is 14.5. The number of amides is 2. The fourth-order valence-electron chi connectivity index (χ4n) is 9.04. The monoisotopic (exact) mass is 803 g/mol. The van der Waals surface area contributed by atoms with Gasteiger partial charge in [0.05, 0.1) is 21.3 Å². The van der Waals surface area contributed by atoms with Crippen molar-refractivity contribution in [1.29, 1.82) is 0 Å². The standard InChI is InChI=1S/C42H46ClN3O11/c1-20(2)37(41(53)45-17-22-13-24(19-45)26-8-7-9-33(50)46(26)18-22)44-32(49)15-25(23-10-11-27(47)29(14-23)54-4)34-28(48)12-21(3)42(39(34)51)40(52)35-30(55-5)16-31(56-6)36(43)38(35)57-42/h7-11,14,16,20-22,24-25,37,47,51H,12-13,15,17-19H2,1-6H3,(H,44,49)/t21?,22-,24+,25?,37?,42?/m1/s1. The van der Waals surface area contributed by atoms with Crippen LogP contribution < -0.4 is 29.8 Å². The van der Waals surface area contributed by atoms with Crippen LogP contribution in [0.15, 0.2) is 58.6 Å². The maximum Gasteiger partial charge on any atom is 0.250 e. The minimum Gasteiger partial charge on any atom is -0.507 e. The van der Waals surface area contributed by atoms with Crippen LogP contribution in [0.25, 0.3) is 0 Å². The number of benzene rings is 2. The second-order valence-corrected chi connectivity index (χ2v) is 16.1. The molecule has 1 aliphatic carbocycles. The number of aromatic hydroxyl groups is 1. The highest BCUT2D eigenvalue weighted by molar-refractivity contribution is 6.35. The number of hydrogen-bond donors (Lipinski definition) is 3. The topological polar surface area (TPSA) is 183 Å². The van der Waals surface area contributed by atoms with Gasteiger partial charge in [0.15, 0.2) is 28.8 Å². The normalized spacial score (nSPS) is 23.4. The van der Waals surface area contributed by atoms with Crippen LogP contribution in [0.3, 0.4) is 0 Å². The molecule has 3 aliphatic heterocycles. The highest BCUT2D eigenvalue weighted by Gasteiger charge is 2.61. The third-order valence-corrected chi connectivity index (χ3v) is 12.3. The fraction of sp³-hybridized carbons (Fsp3) is 0.452. The van der Waals surface area contributed by atoms with Gasteiger partial charge in [0.2, 0.25) is 23.2 Å². The van der Waals surface area contributed by atoms with Crippen molar-refractivity contribution < 1.29 is 48.3 Å². The number of phenolic OH excluding ortho intramolecular Hbond substituents is 1. The molecular formula is C42H46ClN3O11. The number of hydrogen-bond acceptors (Lipinski definition) is 11. The number of carbonyl (C=O) groups excluding carboxylic acids is 4. The number of nitrogens with zero attached hydrogens (tertiary/aromatic N) is 2. The summed E-state index contributed by atoms with van der Waals surface area (Å²) in [4.78, 5) is 71.5. The number of aliphatic hydroxyl groups is 1. The number of aromatic nitrogens is 1. The van der Waals surface area contributed by atoms with Crippen LogP contribution >= 0.6 is 11.6 Å². The van der Waals surface area contributed by atoms with Crippen LogP contribution in [0.4, 0.5) is 0 Å². The first-order valence-electron chi connectivity index (χ1n) is 18.9. The van der Waals surface area contributed by atoms with Gasteiger partial charge in [0, 0.05) is 73.6 Å². The van der Waals surface area contributed by atoms with E-state index in [1.807, 2.05) is 19.9 Å². The van der Waals surface area contributed by atoms with Crippen molar-refractivity contribution in [2.24, 2.45) is 17.8 Å². The fourth-order valence-corrected chi connectivity index (χ4v) is 9.31. The third-order valence-electron chi connectivity index (χ3n) is 11.9. The molecule has 4 heterocycles. The molecule has 1 fully saturated rings. The summed E-state index contributed by atoms with van der Waals surface area (Å²) >= 11 is 6.64. The molecule has 4 aliphatic rings. The number of carbonyl (C=O) groups is 4. The Bertz CT molecular complexity index is 2270. The summed E-state index contributed by atoms with van der Waals surface area (Å²) < 4.78 is 24.4. The van der Waals surface area contributed by atoms with Gasteiger partial charge in [-0.2, -0.15) is 0 Å². The van der Waals surface area contributed by atoms with Crippen molar-refractivity contribution in [2.45, 2.75) is 70.1 Å². The van der Waals surface area contributed by atoms with Crippen LogP contribution in [0.1, 0.15) is 73.5 Å². The Hall–Kier alpha value is -5.50. The Labute approximate surface area is 334 Å². The molecule has 14 nitrogen and oxygen atoms in total. The summed E-state index contributed by atoms with van der Waals surface area (Å²) in [5, 5.41) is 25.7. The molecule has 15 heteroatoms. The first-order chi connectivity index (χ1) is 27.1. The number of pyridine rings is 1. The van der Waals surface area contributed by atoms with Gasteiger partial charge < -0.3 is 43.9 Å². The Balaban J connectivity index is 1.24. The molecule has 7 rings (SSSR count). The average molecular weight is 804 g/mol. The number of halogens is 1. The van der Waals surface area contributed by atoms with Crippen molar-refractivity contribution in [2.75, 3.05) is 34.4 Å². The van der Waals surface area contributed by atoms with Crippen molar-refractivity contribution in [1.82, 2.24) is 14.8 Å². The number of likely N-dealkylation sites (tertiary alicyclic amines) is 1. The number of phenols is 1. The zero-order valence-electron chi connectivity index (χ0n) is 32.6. The SMILES string of the molecule is COc1cc(C(CC(=O)NC(C(=O)N2C[C@H]3C[C@@H](C2)c2cccc(=O)n2C3)C(C)C)C2=C(O)C3(Oc4c(Cl)c(OC)cc(OC)c4C3=O)C(C)CC2=O)ccc1O. The number of ether oxygens (including phenoxy) is 4. The number of methoxy groups -OCH3 is 3. The van der Waals surface area contributed by atoms with Gasteiger partial charge in [-0.3, -0.25) is 24.0 Å². The van der Waals surface area contributed by atoms with E-state index < -0.39 is 53.1 Å². The Morgan fingerprint density at radius 2 is 1.70 bits per heavy atom. The molecule has 3 aromatic rings. The van der Waals surface area contributed by atoms with Crippen LogP contribution in [0.2, 0.25) is 5.02 Å². The van der Waals surface area contributed by atoms with Gasteiger partial charge in [-0.05, 0) is 42.0 Å². The lowest BCUT2D eigenvalue weighted by molar-refractivity contribution is -0.140. The zero-order chi connectivity index (χ0) is 41.1. The van der Waals surface area contributed by atoms with E-state index in [0.29, 0.717) is 25.2 Å². The van der Waals surface area contributed by atoms with Crippen LogP contribution in [-0.4, -0.2) is 89.1 Å². The highest BCUT2D eigenvalue weighted by atomic mass is 35.5. The number of Topliss-reactive ketones (excluding diaryl/α,β-unsaturated/α-hetero) is 2. The molecule has 57 heavy (non-hydrogen) atoms. The number of ketones is 2. The summed E-state index contributed by atoms with van der Waals surface area (Å²) in [7, 11) is 4.09. The van der Waals surface area contributed by atoms with E-state index >= 15 is 0 Å². The van der Waals surface area contributed by atoms with Crippen molar-refractivity contribution in [3.05, 3.63) is 86.0 Å². The van der Waals surface area contributed by atoms with Crippen LogP contribution in [0, 0.1) is 17.8 Å². The van der Waals surface area contributed by atoms with Crippen molar-refractivity contribution in [3.8, 4) is 28.7 Å². The molecule has 1 saturated heterocycles. The van der Waals surface area contributed by atoms with Crippen LogP contribution in [-0.2, 0) is 20.9 Å². The van der Waals surface area contributed by atoms with E-state index in [9.17, 15) is 34.2 Å². The number of allylic oxidation sites excluding steroid dienone is 1. The minimum atomic E-state index is -2.11. The largest absolute Gasteiger partial charge is 0.507 e. The predicted molar refractivity (Wildman–Crippen MR) is 208 cm³/mol. The molecule has 2 bridgehead atoms. The lowest BCUT2D eigenvalue weighted by Crippen LogP contribution is -2.56. The summed E-state index contributed by atoms with van der Waals surface area (Å²) in [6.07, 6.45) is 0.157. The van der Waals surface area contributed by atoms with Gasteiger partial charge in [-0.15, -0.1) is 0 Å². The maximum atomic E-state index is 14.5. The van der Waals surface area contributed by atoms with Gasteiger partial charge in [0.1, 0.15) is 28.1 Å². The summed E-state index contributed by atoms with van der Waals surface area (Å²) in [6.45, 7) is 6.57. The van der Waals surface area contributed by atoms with Crippen LogP contribution in [0.5, 0.6) is 28.7 Å². The molecule has 6 atom stereocenters. The minimum absolute atomic E-state index is 0.0303. The molecule has 4 unspecified atom stereocenters. The summed E-state index contributed by atoms with van der Waals surface area (Å²) in [6, 6.07) is 9.96. The van der Waals surface area contributed by atoms with Crippen molar-refractivity contribution >= 4 is 35.0 Å². The molecule has 1 spiro atoms. The van der Waals surface area contributed by atoms with Gasteiger partial charge in [0.25, 0.3) is 5.56 Å². The van der Waals surface area contributed by atoms with Gasteiger partial charge in [-0.25, -0.2) is 0 Å². The predicted octanol–water partition coefficient (Wildman–Crippen LogP) is 4.93. The zero-order valence-corrected chi connectivity index (χ0v) is 33.3. The molecule has 0 saturated carbocycles. The average Bonchev–Trinajstić information content (AvgIpc) is 3.50. The van der Waals surface area contributed by atoms with Gasteiger partial charge in [-0.1, -0.05) is 44.5 Å². The number of fused-ring (bicyclic) bond motifs is 5. The number of aliphatic hydroxyl groups excluding tert-OH is 1. The van der Waals surface area contributed by atoms with E-state index in [1.165, 1.54) is 51.7 Å². The van der Waals surface area contributed by atoms with E-state index in [4.69, 9.17) is 30.5 Å². The summed E-state index contributed by atoms with van der Waals surface area (Å²) in [5.41, 5.74) is -1.26. The van der Waals surface area contributed by atoms with E-state index in [0.717, 1.165) is 12.1 Å². The molecule has 0 radical (unpaired) electrons. The number of piperidine rings is 1. The lowest BCUT2D eigenvalue weighted by atomic mass is 9.69. The van der Waals surface area contributed by atoms with Gasteiger partial charge >= 0.3 is 0 Å². The molecule has 3 N–H and O–H groups in total. The first-order valence-corrected chi connectivity index (χ1v) is 19.3. The quantitative estimate of drug-likeness (QED) is 0.253. The molecule has 2 aromatic carbocycles. The second-order valence-electron chi connectivity index (χ2n) is 15.7.